The molecule has 3 rings (SSSR count). The zero-order chi connectivity index (χ0) is 26.1. The predicted molar refractivity (Wildman–Crippen MR) is 138 cm³/mol. The summed E-state index contributed by atoms with van der Waals surface area (Å²) in [6.45, 7) is 1.00. The van der Waals surface area contributed by atoms with Gasteiger partial charge < -0.3 is 38.3 Å². The third-order valence-electron chi connectivity index (χ3n) is 6.17. The lowest BCUT2D eigenvalue weighted by Gasteiger charge is -2.24. The summed E-state index contributed by atoms with van der Waals surface area (Å²) in [6, 6.07) is 10.6. The molecule has 4 bridgehead atoms. The van der Waals surface area contributed by atoms with Gasteiger partial charge in [0, 0.05) is 32.0 Å². The van der Waals surface area contributed by atoms with Crippen molar-refractivity contribution in [3.63, 3.8) is 0 Å². The van der Waals surface area contributed by atoms with Crippen molar-refractivity contribution < 1.29 is 19.5 Å². The molecule has 0 aromatic heterocycles. The normalized spacial score (nSPS) is 20.5. The Morgan fingerprint density at radius 2 is 1.78 bits per heavy atom. The minimum atomic E-state index is -0.978. The molecule has 0 saturated heterocycles. The molecule has 10 N–H and O–H groups in total. The van der Waals surface area contributed by atoms with Gasteiger partial charge in [-0.1, -0.05) is 30.3 Å². The summed E-state index contributed by atoms with van der Waals surface area (Å²) in [4.78, 5) is 38.6. The summed E-state index contributed by atoms with van der Waals surface area (Å²) >= 11 is 0. The second-order valence-electron chi connectivity index (χ2n) is 9.10. The van der Waals surface area contributed by atoms with Crippen LogP contribution in [-0.4, -0.2) is 60.6 Å². The van der Waals surface area contributed by atoms with E-state index < -0.39 is 29.9 Å². The van der Waals surface area contributed by atoms with Crippen LogP contribution in [-0.2, 0) is 27.2 Å². The van der Waals surface area contributed by atoms with Gasteiger partial charge in [-0.3, -0.25) is 14.4 Å². The van der Waals surface area contributed by atoms with E-state index in [9.17, 15) is 19.5 Å². The number of phenols is 1. The molecule has 0 saturated carbocycles. The maximum absolute atomic E-state index is 13.2. The molecule has 2 aromatic rings. The minimum Gasteiger partial charge on any atom is -0.508 e. The zero-order valence-electron chi connectivity index (χ0n) is 20.3. The number of phenolic OH excluding ortho intramolecular Hbond substituents is 1. The summed E-state index contributed by atoms with van der Waals surface area (Å²) in [6.07, 6.45) is 1.39. The predicted octanol–water partition coefficient (Wildman–Crippen LogP) is -0.341. The summed E-state index contributed by atoms with van der Waals surface area (Å²) in [7, 11) is 0. The van der Waals surface area contributed by atoms with Gasteiger partial charge in [-0.25, -0.2) is 0 Å². The van der Waals surface area contributed by atoms with Crippen molar-refractivity contribution >= 4 is 17.7 Å². The van der Waals surface area contributed by atoms with E-state index in [0.717, 1.165) is 16.7 Å². The van der Waals surface area contributed by atoms with Crippen molar-refractivity contribution in [2.75, 3.05) is 19.6 Å². The average molecular weight is 497 g/mol. The van der Waals surface area contributed by atoms with E-state index in [0.29, 0.717) is 44.5 Å². The van der Waals surface area contributed by atoms with Gasteiger partial charge in [-0.2, -0.15) is 0 Å². The number of hydrogen-bond acceptors (Lipinski definition) is 7. The smallest absolute Gasteiger partial charge is 0.242 e. The van der Waals surface area contributed by atoms with Crippen LogP contribution in [0, 0.1) is 0 Å². The van der Waals surface area contributed by atoms with E-state index in [4.69, 9.17) is 17.2 Å². The molecule has 10 nitrogen and oxygen atoms in total. The van der Waals surface area contributed by atoms with Crippen LogP contribution in [0.4, 0.5) is 0 Å². The van der Waals surface area contributed by atoms with E-state index in [1.165, 1.54) is 0 Å². The lowest BCUT2D eigenvalue weighted by Crippen LogP contribution is -2.54. The molecule has 0 radical (unpaired) electrons. The van der Waals surface area contributed by atoms with Crippen LogP contribution in [0.15, 0.2) is 42.5 Å². The van der Waals surface area contributed by atoms with Gasteiger partial charge in [0.05, 0.1) is 6.04 Å². The summed E-state index contributed by atoms with van der Waals surface area (Å²) in [5.41, 5.74) is 20.5. The zero-order valence-corrected chi connectivity index (χ0v) is 20.3. The fraction of sp³-hybridized carbons (Fsp3) is 0.423. The van der Waals surface area contributed by atoms with E-state index in [1.54, 1.807) is 12.1 Å². The number of rotatable bonds is 7. The Balaban J connectivity index is 1.99. The molecule has 1 aliphatic rings. The molecular formula is C26H36N6O4. The molecule has 0 aliphatic carbocycles. The van der Waals surface area contributed by atoms with Gasteiger partial charge in [0.2, 0.25) is 17.7 Å². The van der Waals surface area contributed by atoms with Crippen LogP contribution in [0.5, 0.6) is 5.75 Å². The number of aromatic hydroxyl groups is 1. The van der Waals surface area contributed by atoms with Gasteiger partial charge in [0.25, 0.3) is 0 Å². The van der Waals surface area contributed by atoms with Crippen LogP contribution in [0.1, 0.15) is 30.4 Å². The van der Waals surface area contributed by atoms with Crippen molar-refractivity contribution in [2.24, 2.45) is 17.2 Å². The maximum atomic E-state index is 13.2. The van der Waals surface area contributed by atoms with Crippen molar-refractivity contribution in [3.8, 4) is 16.9 Å². The Hall–Kier alpha value is -3.47. The standard InChI is InChI=1S/C26H36N6O4/c27-8-2-5-22-26(36)31-20(15-24(34)30-10-9-28)12-16-3-1-4-17(11-16)18-6-7-23(33)19(13-18)14-21(29)25(35)32-22/h1,3-4,6-7,11,13,20-22,33H,2,5,8-10,12,14-15,27-29H2,(H,30,34)(H,31,36)(H,32,35)/t20-,21-,22-/m0/s1. The highest BCUT2D eigenvalue weighted by Crippen LogP contribution is 2.28. The van der Waals surface area contributed by atoms with E-state index >= 15 is 0 Å². The molecule has 0 spiro atoms. The van der Waals surface area contributed by atoms with Crippen LogP contribution in [0.25, 0.3) is 11.1 Å². The van der Waals surface area contributed by atoms with Gasteiger partial charge in [0.1, 0.15) is 11.8 Å². The largest absolute Gasteiger partial charge is 0.508 e. The third-order valence-corrected chi connectivity index (χ3v) is 6.17. The Kier molecular flexibility index (Phi) is 9.80. The number of nitrogens with two attached hydrogens (primary N) is 3. The van der Waals surface area contributed by atoms with Crippen LogP contribution in [0.2, 0.25) is 0 Å². The SMILES string of the molecule is NCCC[C@@H]1NC(=O)[C@@H](N)Cc2cc(ccc2O)-c2cccc(c2)C[C@@H](CC(=O)NCCN)NC1=O. The first-order valence-electron chi connectivity index (χ1n) is 12.2. The lowest BCUT2D eigenvalue weighted by molar-refractivity contribution is -0.130. The van der Waals surface area contributed by atoms with Crippen molar-refractivity contribution in [1.82, 2.24) is 16.0 Å². The summed E-state index contributed by atoms with van der Waals surface area (Å²) in [5, 5.41) is 18.8. The van der Waals surface area contributed by atoms with Crippen LogP contribution < -0.4 is 33.2 Å². The molecule has 194 valence electrons. The summed E-state index contributed by atoms with van der Waals surface area (Å²) in [5.74, 6) is -1.10. The number of hydrogen-bond donors (Lipinski definition) is 7. The number of nitrogens with one attached hydrogen (secondary N) is 3. The second-order valence-corrected chi connectivity index (χ2v) is 9.10. The highest BCUT2D eigenvalue weighted by Gasteiger charge is 2.27. The Bertz CT molecular complexity index is 1080. The number of carbonyl (C=O) groups excluding carboxylic acids is 3. The van der Waals surface area contributed by atoms with Crippen LogP contribution >= 0.6 is 0 Å². The molecule has 1 aliphatic heterocycles. The first kappa shape index (κ1) is 27.1. The molecule has 2 aromatic carbocycles. The molecule has 3 atom stereocenters. The quantitative estimate of drug-likeness (QED) is 0.273. The topological polar surface area (TPSA) is 186 Å². The number of amides is 3. The molecule has 36 heavy (non-hydrogen) atoms. The minimum absolute atomic E-state index is 0.0449. The third kappa shape index (κ3) is 7.51. The van der Waals surface area contributed by atoms with E-state index in [-0.39, 0.29) is 24.5 Å². The van der Waals surface area contributed by atoms with Gasteiger partial charge in [0.15, 0.2) is 0 Å². The molecular weight excluding hydrogens is 460 g/mol. The lowest BCUT2D eigenvalue weighted by atomic mass is 9.95. The molecule has 10 heteroatoms. The van der Waals surface area contributed by atoms with Crippen molar-refractivity contribution in [2.45, 2.75) is 50.2 Å². The molecule has 3 amide bonds. The van der Waals surface area contributed by atoms with Gasteiger partial charge in [-0.15, -0.1) is 0 Å². The average Bonchev–Trinajstić information content (AvgIpc) is 2.85. The second kappa shape index (κ2) is 13.0. The molecule has 1 heterocycles. The van der Waals surface area contributed by atoms with E-state index in [2.05, 4.69) is 16.0 Å². The monoisotopic (exact) mass is 496 g/mol. The highest BCUT2D eigenvalue weighted by atomic mass is 16.3. The number of benzene rings is 2. The molecule has 0 fully saturated rings. The van der Waals surface area contributed by atoms with Crippen molar-refractivity contribution in [1.29, 1.82) is 0 Å². The Morgan fingerprint density at radius 1 is 1.00 bits per heavy atom. The number of fused-ring (bicyclic) bond motifs is 5. The van der Waals surface area contributed by atoms with Gasteiger partial charge in [-0.05, 0) is 60.2 Å². The van der Waals surface area contributed by atoms with Gasteiger partial charge >= 0.3 is 0 Å². The Morgan fingerprint density at radius 3 is 2.53 bits per heavy atom. The first-order chi connectivity index (χ1) is 17.3. The fourth-order valence-corrected chi connectivity index (χ4v) is 4.27. The summed E-state index contributed by atoms with van der Waals surface area (Å²) < 4.78 is 0. The maximum Gasteiger partial charge on any atom is 0.242 e. The highest BCUT2D eigenvalue weighted by molar-refractivity contribution is 5.90. The first-order valence-corrected chi connectivity index (χ1v) is 12.2. The fourth-order valence-electron chi connectivity index (χ4n) is 4.27. The number of carbonyl (C=O) groups is 3. The Labute approximate surface area is 211 Å². The molecule has 0 unspecified atom stereocenters. The van der Waals surface area contributed by atoms with Crippen LogP contribution in [0.3, 0.4) is 0 Å². The van der Waals surface area contributed by atoms with E-state index in [1.807, 2.05) is 30.3 Å². The van der Waals surface area contributed by atoms with Crippen molar-refractivity contribution in [3.05, 3.63) is 53.6 Å².